The van der Waals surface area contributed by atoms with Crippen LogP contribution in [-0.4, -0.2) is 28.3 Å². The molecule has 7 heteroatoms. The Morgan fingerprint density at radius 1 is 1.20 bits per heavy atom. The average molecular weight is 376 g/mol. The van der Waals surface area contributed by atoms with Crippen molar-refractivity contribution in [3.8, 4) is 11.5 Å². The fourth-order valence-corrected chi connectivity index (χ4v) is 3.42. The number of para-hydroxylation sites is 1. The largest absolute Gasteiger partial charge is 0.504 e. The number of aromatic hydroxyl groups is 1. The third kappa shape index (κ3) is 3.50. The summed E-state index contributed by atoms with van der Waals surface area (Å²) in [7, 11) is 1.44. The van der Waals surface area contributed by atoms with E-state index in [-0.39, 0.29) is 22.4 Å². The van der Waals surface area contributed by atoms with Crippen LogP contribution in [0.4, 0.5) is 4.79 Å². The van der Waals surface area contributed by atoms with Gasteiger partial charge >= 0.3 is 0 Å². The van der Waals surface area contributed by atoms with Gasteiger partial charge in [-0.2, -0.15) is 0 Å². The van der Waals surface area contributed by atoms with E-state index in [1.54, 1.807) is 42.5 Å². The number of imide groups is 1. The quantitative estimate of drug-likeness (QED) is 0.807. The van der Waals surface area contributed by atoms with Crippen LogP contribution in [0.3, 0.4) is 0 Å². The molecule has 0 bridgehead atoms. The van der Waals surface area contributed by atoms with Gasteiger partial charge in [0.05, 0.1) is 18.6 Å². The predicted octanol–water partition coefficient (Wildman–Crippen LogP) is 4.29. The molecule has 2 amide bonds. The summed E-state index contributed by atoms with van der Waals surface area (Å²) in [6.45, 7) is 0.103. The molecular weight excluding hydrogens is 362 g/mol. The molecule has 1 N–H and O–H groups in total. The van der Waals surface area contributed by atoms with Gasteiger partial charge in [0, 0.05) is 10.6 Å². The lowest BCUT2D eigenvalue weighted by Crippen LogP contribution is -2.27. The van der Waals surface area contributed by atoms with Crippen molar-refractivity contribution >= 4 is 40.6 Å². The standard InChI is InChI=1S/C18H14ClNO4S/c1-24-14-8-4-6-11(16(14)21)9-15-17(22)20(18(23)25-15)10-12-5-2-3-7-13(12)19/h2-9,21H,10H2,1H3/b15-9-. The number of thioether (sulfide) groups is 1. The van der Waals surface area contributed by atoms with Gasteiger partial charge in [0.1, 0.15) is 0 Å². The van der Waals surface area contributed by atoms with Crippen LogP contribution in [0.1, 0.15) is 11.1 Å². The Bertz CT molecular complexity index is 881. The number of phenolic OH excluding ortho intramolecular Hbond substituents is 1. The fourth-order valence-electron chi connectivity index (χ4n) is 2.39. The van der Waals surface area contributed by atoms with Crippen molar-refractivity contribution in [1.82, 2.24) is 4.90 Å². The molecule has 0 radical (unpaired) electrons. The molecule has 1 aliphatic rings. The Hall–Kier alpha value is -2.44. The summed E-state index contributed by atoms with van der Waals surface area (Å²) < 4.78 is 5.05. The van der Waals surface area contributed by atoms with Crippen molar-refractivity contribution < 1.29 is 19.4 Å². The molecule has 0 spiro atoms. The van der Waals surface area contributed by atoms with Crippen LogP contribution in [0.2, 0.25) is 5.02 Å². The minimum absolute atomic E-state index is 0.0806. The van der Waals surface area contributed by atoms with E-state index in [2.05, 4.69) is 0 Å². The number of ether oxygens (including phenoxy) is 1. The Labute approximate surface area is 153 Å². The molecule has 5 nitrogen and oxygen atoms in total. The van der Waals surface area contributed by atoms with Crippen molar-refractivity contribution in [2.24, 2.45) is 0 Å². The van der Waals surface area contributed by atoms with Gasteiger partial charge in [0.25, 0.3) is 11.1 Å². The minimum atomic E-state index is -0.419. The summed E-state index contributed by atoms with van der Waals surface area (Å²) in [5, 5.41) is 10.3. The molecule has 0 atom stereocenters. The first kappa shape index (κ1) is 17.4. The number of nitrogens with zero attached hydrogens (tertiary/aromatic N) is 1. The fraction of sp³-hybridized carbons (Fsp3) is 0.111. The smallest absolute Gasteiger partial charge is 0.293 e. The number of rotatable bonds is 4. The highest BCUT2D eigenvalue weighted by Gasteiger charge is 2.35. The summed E-state index contributed by atoms with van der Waals surface area (Å²) in [6.07, 6.45) is 1.48. The highest BCUT2D eigenvalue weighted by Crippen LogP contribution is 2.37. The number of benzene rings is 2. The number of halogens is 1. The lowest BCUT2D eigenvalue weighted by atomic mass is 10.1. The predicted molar refractivity (Wildman–Crippen MR) is 97.6 cm³/mol. The highest BCUT2D eigenvalue weighted by molar-refractivity contribution is 8.18. The second-order valence-electron chi connectivity index (χ2n) is 5.26. The monoisotopic (exact) mass is 375 g/mol. The Balaban J connectivity index is 1.88. The number of amides is 2. The van der Waals surface area contributed by atoms with Crippen LogP contribution < -0.4 is 4.74 Å². The zero-order chi connectivity index (χ0) is 18.0. The van der Waals surface area contributed by atoms with Gasteiger partial charge in [-0.25, -0.2) is 0 Å². The number of carbonyl (C=O) groups is 2. The maximum Gasteiger partial charge on any atom is 0.293 e. The van der Waals surface area contributed by atoms with Crippen LogP contribution in [0.25, 0.3) is 6.08 Å². The topological polar surface area (TPSA) is 66.8 Å². The van der Waals surface area contributed by atoms with E-state index in [0.717, 1.165) is 16.7 Å². The van der Waals surface area contributed by atoms with Gasteiger partial charge in [-0.1, -0.05) is 41.9 Å². The van der Waals surface area contributed by atoms with Crippen molar-refractivity contribution in [2.75, 3.05) is 7.11 Å². The summed E-state index contributed by atoms with van der Waals surface area (Å²) in [6, 6.07) is 12.0. The molecule has 1 fully saturated rings. The van der Waals surface area contributed by atoms with Crippen LogP contribution >= 0.6 is 23.4 Å². The highest BCUT2D eigenvalue weighted by atomic mass is 35.5. The second-order valence-corrected chi connectivity index (χ2v) is 6.66. The summed E-state index contributed by atoms with van der Waals surface area (Å²) in [5.74, 6) is -0.205. The van der Waals surface area contributed by atoms with E-state index in [4.69, 9.17) is 16.3 Å². The van der Waals surface area contributed by atoms with E-state index in [1.807, 2.05) is 0 Å². The maximum absolute atomic E-state index is 12.6. The van der Waals surface area contributed by atoms with Gasteiger partial charge in [0.2, 0.25) is 0 Å². The molecule has 0 aromatic heterocycles. The Morgan fingerprint density at radius 3 is 2.68 bits per heavy atom. The van der Waals surface area contributed by atoms with Gasteiger partial charge < -0.3 is 9.84 Å². The number of hydrogen-bond donors (Lipinski definition) is 1. The molecule has 1 aliphatic heterocycles. The van der Waals surface area contributed by atoms with Gasteiger partial charge in [-0.3, -0.25) is 14.5 Å². The first-order valence-corrected chi connectivity index (χ1v) is 8.55. The minimum Gasteiger partial charge on any atom is -0.504 e. The second kappa shape index (κ2) is 7.21. The van der Waals surface area contributed by atoms with Crippen LogP contribution in [0.5, 0.6) is 11.5 Å². The van der Waals surface area contributed by atoms with Crippen molar-refractivity contribution in [2.45, 2.75) is 6.54 Å². The zero-order valence-electron chi connectivity index (χ0n) is 13.2. The molecule has 2 aromatic carbocycles. The van der Waals surface area contributed by atoms with Crippen molar-refractivity contribution in [3.63, 3.8) is 0 Å². The van der Waals surface area contributed by atoms with Crippen LogP contribution in [0, 0.1) is 0 Å². The summed E-state index contributed by atoms with van der Waals surface area (Å²) in [5.41, 5.74) is 1.10. The molecule has 0 aliphatic carbocycles. The van der Waals surface area contributed by atoms with Gasteiger partial charge in [-0.05, 0) is 35.5 Å². The number of phenols is 1. The molecular formula is C18H14ClNO4S. The number of hydrogen-bond acceptors (Lipinski definition) is 5. The van der Waals surface area contributed by atoms with Crippen molar-refractivity contribution in [3.05, 3.63) is 63.5 Å². The van der Waals surface area contributed by atoms with Gasteiger partial charge in [0.15, 0.2) is 11.5 Å². The Morgan fingerprint density at radius 2 is 1.96 bits per heavy atom. The van der Waals surface area contributed by atoms with Gasteiger partial charge in [-0.15, -0.1) is 0 Å². The molecule has 3 rings (SSSR count). The van der Waals surface area contributed by atoms with E-state index in [1.165, 1.54) is 13.2 Å². The summed E-state index contributed by atoms with van der Waals surface area (Å²) in [4.78, 5) is 26.1. The third-order valence-electron chi connectivity index (χ3n) is 3.70. The molecule has 1 heterocycles. The summed E-state index contributed by atoms with van der Waals surface area (Å²) >= 11 is 6.93. The zero-order valence-corrected chi connectivity index (χ0v) is 14.8. The molecule has 1 saturated heterocycles. The number of carbonyl (C=O) groups excluding carboxylic acids is 2. The SMILES string of the molecule is COc1cccc(/C=C2\SC(=O)N(Cc3ccccc3Cl)C2=O)c1O. The van der Waals surface area contributed by atoms with E-state index in [0.29, 0.717) is 21.9 Å². The Kier molecular flexibility index (Phi) is 5.01. The average Bonchev–Trinajstić information content (AvgIpc) is 2.86. The molecule has 25 heavy (non-hydrogen) atoms. The lowest BCUT2D eigenvalue weighted by Gasteiger charge is -2.13. The molecule has 2 aromatic rings. The van der Waals surface area contributed by atoms with E-state index >= 15 is 0 Å². The first-order valence-electron chi connectivity index (χ1n) is 7.36. The van der Waals surface area contributed by atoms with E-state index < -0.39 is 5.91 Å². The van der Waals surface area contributed by atoms with E-state index in [9.17, 15) is 14.7 Å². The van der Waals surface area contributed by atoms with Crippen molar-refractivity contribution in [1.29, 1.82) is 0 Å². The number of methoxy groups -OCH3 is 1. The lowest BCUT2D eigenvalue weighted by molar-refractivity contribution is -0.123. The normalized spacial score (nSPS) is 15.9. The first-order chi connectivity index (χ1) is 12.0. The van der Waals surface area contributed by atoms with Crippen LogP contribution in [-0.2, 0) is 11.3 Å². The maximum atomic E-state index is 12.6. The van der Waals surface area contributed by atoms with Crippen LogP contribution in [0.15, 0.2) is 47.4 Å². The molecule has 0 saturated carbocycles. The molecule has 0 unspecified atom stereocenters. The molecule has 128 valence electrons. The third-order valence-corrected chi connectivity index (χ3v) is 4.97.